The number of halogens is 2. The Hall–Kier alpha value is -1.06. The number of nitrogens with two attached hydrogens (primary N) is 1. The second-order valence-corrected chi connectivity index (χ2v) is 4.77. The molecule has 0 aliphatic carbocycles. The average molecular weight is 242 g/mol. The van der Waals surface area contributed by atoms with Crippen molar-refractivity contribution in [2.24, 2.45) is 0 Å². The fourth-order valence-electron chi connectivity index (χ4n) is 1.47. The Kier molecular flexibility index (Phi) is 2.67. The van der Waals surface area contributed by atoms with Crippen molar-refractivity contribution >= 4 is 28.6 Å². The lowest BCUT2D eigenvalue weighted by molar-refractivity contribution is 0.628. The number of aryl methyl sites for hydroxylation is 1. The normalized spacial score (nSPS) is 10.6. The van der Waals surface area contributed by atoms with Crippen molar-refractivity contribution in [3.63, 3.8) is 0 Å². The molecule has 0 aliphatic rings. The summed E-state index contributed by atoms with van der Waals surface area (Å²) in [6.07, 6.45) is 0. The van der Waals surface area contributed by atoms with Crippen molar-refractivity contribution in [1.29, 1.82) is 0 Å². The van der Waals surface area contributed by atoms with Crippen LogP contribution in [-0.4, -0.2) is 0 Å². The zero-order valence-electron chi connectivity index (χ0n) is 8.05. The molecule has 2 aromatic rings. The molecule has 0 radical (unpaired) electrons. The summed E-state index contributed by atoms with van der Waals surface area (Å²) in [5.74, 6) is -0.366. The maximum Gasteiger partial charge on any atom is 0.125 e. The Bertz CT molecular complexity index is 507. The maximum absolute atomic E-state index is 13.2. The van der Waals surface area contributed by atoms with Gasteiger partial charge in [0.05, 0.1) is 10.7 Å². The van der Waals surface area contributed by atoms with Gasteiger partial charge in [0.2, 0.25) is 0 Å². The van der Waals surface area contributed by atoms with E-state index in [2.05, 4.69) is 0 Å². The van der Waals surface area contributed by atoms with Crippen molar-refractivity contribution in [2.75, 3.05) is 5.73 Å². The molecule has 0 unspecified atom stereocenters. The highest BCUT2D eigenvalue weighted by molar-refractivity contribution is 7.10. The molecule has 0 saturated heterocycles. The van der Waals surface area contributed by atoms with Crippen molar-refractivity contribution in [3.05, 3.63) is 39.3 Å². The van der Waals surface area contributed by atoms with Crippen LogP contribution in [0.15, 0.2) is 23.6 Å². The van der Waals surface area contributed by atoms with Crippen LogP contribution in [0.25, 0.3) is 11.1 Å². The molecule has 0 amide bonds. The molecule has 0 spiro atoms. The fraction of sp³-hybridized carbons (Fsp3) is 0.0909. The van der Waals surface area contributed by atoms with E-state index in [4.69, 9.17) is 17.3 Å². The smallest absolute Gasteiger partial charge is 0.125 e. The molecule has 0 bridgehead atoms. The van der Waals surface area contributed by atoms with Gasteiger partial charge in [0, 0.05) is 10.4 Å². The van der Waals surface area contributed by atoms with E-state index in [1.807, 2.05) is 18.4 Å². The first-order valence-electron chi connectivity index (χ1n) is 4.38. The first-order valence-corrected chi connectivity index (χ1v) is 5.64. The largest absolute Gasteiger partial charge is 0.397 e. The maximum atomic E-state index is 13.2. The number of thiophene rings is 1. The first kappa shape index (κ1) is 10.5. The van der Waals surface area contributed by atoms with E-state index in [1.54, 1.807) is 11.3 Å². The molecule has 0 aliphatic heterocycles. The number of hydrogen-bond acceptors (Lipinski definition) is 2. The summed E-state index contributed by atoms with van der Waals surface area (Å²) in [4.78, 5) is 1.10. The van der Waals surface area contributed by atoms with Crippen LogP contribution in [0.3, 0.4) is 0 Å². The van der Waals surface area contributed by atoms with Gasteiger partial charge in [0.15, 0.2) is 0 Å². The van der Waals surface area contributed by atoms with E-state index >= 15 is 0 Å². The first-order chi connectivity index (χ1) is 7.09. The summed E-state index contributed by atoms with van der Waals surface area (Å²) in [5, 5.41) is 2.21. The van der Waals surface area contributed by atoms with Gasteiger partial charge in [-0.1, -0.05) is 11.6 Å². The summed E-state index contributed by atoms with van der Waals surface area (Å²) in [6.45, 7) is 1.97. The van der Waals surface area contributed by atoms with E-state index in [0.29, 0.717) is 11.3 Å². The molecule has 0 fully saturated rings. The predicted octanol–water partition coefficient (Wildman–Crippen LogP) is 4.10. The molecule has 78 valence electrons. The third-order valence-electron chi connectivity index (χ3n) is 2.24. The third kappa shape index (κ3) is 1.85. The van der Waals surface area contributed by atoms with Gasteiger partial charge >= 0.3 is 0 Å². The summed E-state index contributed by atoms with van der Waals surface area (Å²) >= 11 is 7.43. The minimum atomic E-state index is -0.366. The summed E-state index contributed by atoms with van der Waals surface area (Å²) in [7, 11) is 0. The van der Waals surface area contributed by atoms with Crippen LogP contribution in [0.5, 0.6) is 0 Å². The lowest BCUT2D eigenvalue weighted by atomic mass is 10.0. The molecular formula is C11H9ClFNS. The van der Waals surface area contributed by atoms with Gasteiger partial charge in [-0.2, -0.15) is 0 Å². The van der Waals surface area contributed by atoms with E-state index < -0.39 is 0 Å². The van der Waals surface area contributed by atoms with Gasteiger partial charge in [-0.25, -0.2) is 4.39 Å². The van der Waals surface area contributed by atoms with Gasteiger partial charge in [0.1, 0.15) is 5.82 Å². The molecular weight excluding hydrogens is 233 g/mol. The number of hydrogen-bond donors (Lipinski definition) is 1. The summed E-state index contributed by atoms with van der Waals surface area (Å²) in [5.41, 5.74) is 7.86. The second-order valence-electron chi connectivity index (χ2n) is 3.24. The van der Waals surface area contributed by atoms with Crippen LogP contribution in [0, 0.1) is 12.7 Å². The minimum Gasteiger partial charge on any atom is -0.397 e. The van der Waals surface area contributed by atoms with Crippen molar-refractivity contribution in [2.45, 2.75) is 6.92 Å². The van der Waals surface area contributed by atoms with E-state index in [1.165, 1.54) is 12.1 Å². The quantitative estimate of drug-likeness (QED) is 0.748. The monoisotopic (exact) mass is 241 g/mol. The predicted molar refractivity (Wildman–Crippen MR) is 63.9 cm³/mol. The van der Waals surface area contributed by atoms with Gasteiger partial charge in [-0.3, -0.25) is 0 Å². The van der Waals surface area contributed by atoms with Crippen LogP contribution in [0.1, 0.15) is 4.88 Å². The standard InChI is InChI=1S/C11H9ClFNS/c1-6-8(2-3-15-6)9-4-7(13)5-10(12)11(9)14/h2-5H,14H2,1H3. The summed E-state index contributed by atoms with van der Waals surface area (Å²) < 4.78 is 13.2. The zero-order chi connectivity index (χ0) is 11.0. The Morgan fingerprint density at radius 2 is 2.07 bits per heavy atom. The molecule has 4 heteroatoms. The molecule has 1 nitrogen and oxygen atoms in total. The number of rotatable bonds is 1. The van der Waals surface area contributed by atoms with Crippen LogP contribution in [0.4, 0.5) is 10.1 Å². The Morgan fingerprint density at radius 3 is 2.67 bits per heavy atom. The van der Waals surface area contributed by atoms with E-state index in [0.717, 1.165) is 10.4 Å². The van der Waals surface area contributed by atoms with E-state index in [9.17, 15) is 4.39 Å². The fourth-order valence-corrected chi connectivity index (χ4v) is 2.39. The molecule has 1 heterocycles. The SMILES string of the molecule is Cc1sccc1-c1cc(F)cc(Cl)c1N. The van der Waals surface area contributed by atoms with Crippen molar-refractivity contribution in [1.82, 2.24) is 0 Å². The van der Waals surface area contributed by atoms with Crippen LogP contribution >= 0.6 is 22.9 Å². The molecule has 2 N–H and O–H groups in total. The highest BCUT2D eigenvalue weighted by atomic mass is 35.5. The topological polar surface area (TPSA) is 26.0 Å². The lowest BCUT2D eigenvalue weighted by Gasteiger charge is -2.07. The number of anilines is 1. The minimum absolute atomic E-state index is 0.260. The van der Waals surface area contributed by atoms with Crippen LogP contribution in [0.2, 0.25) is 5.02 Å². The van der Waals surface area contributed by atoms with Gasteiger partial charge in [-0.05, 0) is 36.1 Å². The van der Waals surface area contributed by atoms with Gasteiger partial charge in [-0.15, -0.1) is 11.3 Å². The summed E-state index contributed by atoms with van der Waals surface area (Å²) in [6, 6.07) is 4.56. The highest BCUT2D eigenvalue weighted by Crippen LogP contribution is 2.36. The van der Waals surface area contributed by atoms with Gasteiger partial charge in [0.25, 0.3) is 0 Å². The lowest BCUT2D eigenvalue weighted by Crippen LogP contribution is -1.93. The number of nitrogen functional groups attached to an aromatic ring is 1. The third-order valence-corrected chi connectivity index (χ3v) is 3.40. The van der Waals surface area contributed by atoms with Crippen molar-refractivity contribution < 1.29 is 4.39 Å². The number of benzene rings is 1. The van der Waals surface area contributed by atoms with E-state index in [-0.39, 0.29) is 10.8 Å². The van der Waals surface area contributed by atoms with Gasteiger partial charge < -0.3 is 5.73 Å². The van der Waals surface area contributed by atoms with Crippen molar-refractivity contribution in [3.8, 4) is 11.1 Å². The Balaban J connectivity index is 2.68. The molecule has 2 rings (SSSR count). The molecule has 15 heavy (non-hydrogen) atoms. The molecule has 0 saturated carbocycles. The average Bonchev–Trinajstić information content (AvgIpc) is 2.58. The highest BCUT2D eigenvalue weighted by Gasteiger charge is 2.11. The Morgan fingerprint density at radius 1 is 1.33 bits per heavy atom. The zero-order valence-corrected chi connectivity index (χ0v) is 9.62. The molecule has 0 atom stereocenters. The van der Waals surface area contributed by atoms with Crippen LogP contribution < -0.4 is 5.73 Å². The Labute approximate surface area is 96.3 Å². The molecule has 1 aromatic carbocycles. The molecule has 1 aromatic heterocycles. The van der Waals surface area contributed by atoms with Crippen LogP contribution in [-0.2, 0) is 0 Å². The second kappa shape index (κ2) is 3.83.